The molecule has 0 bridgehead atoms. The summed E-state index contributed by atoms with van der Waals surface area (Å²) in [6, 6.07) is 3.70. The Balaban J connectivity index is 0.00000320. The van der Waals surface area contributed by atoms with E-state index in [0.29, 0.717) is 37.6 Å². The maximum Gasteiger partial charge on any atom is 0.387 e. The van der Waals surface area contributed by atoms with E-state index >= 15 is 0 Å². The second kappa shape index (κ2) is 11.2. The van der Waals surface area contributed by atoms with Gasteiger partial charge in [-0.25, -0.2) is 4.98 Å². The minimum absolute atomic E-state index is 0. The van der Waals surface area contributed by atoms with Crippen LogP contribution in [-0.4, -0.2) is 54.0 Å². The van der Waals surface area contributed by atoms with Gasteiger partial charge in [-0.2, -0.15) is 8.78 Å². The SMILES string of the molecule is C[C@H](N)c1oc(-c2ccc(OC(F)F)c(OCC3CC3)c2)nc1C(=O)N1CC[C@@H](NC(=O)C2CC2)C1.Cl. The fourth-order valence-corrected chi connectivity index (χ4v) is 4.23. The van der Waals surface area contributed by atoms with Gasteiger partial charge in [0.05, 0.1) is 12.6 Å². The van der Waals surface area contributed by atoms with E-state index < -0.39 is 12.7 Å². The molecule has 0 spiro atoms. The van der Waals surface area contributed by atoms with Crippen LogP contribution in [0.5, 0.6) is 11.5 Å². The van der Waals surface area contributed by atoms with Crippen molar-refractivity contribution < 1.29 is 32.3 Å². The number of nitrogens with one attached hydrogen (secondary N) is 1. The fourth-order valence-electron chi connectivity index (χ4n) is 4.23. The van der Waals surface area contributed by atoms with Crippen molar-refractivity contribution in [3.63, 3.8) is 0 Å². The Morgan fingerprint density at radius 1 is 1.22 bits per heavy atom. The van der Waals surface area contributed by atoms with Gasteiger partial charge in [-0.3, -0.25) is 9.59 Å². The molecular weight excluding hydrogens is 510 g/mol. The Morgan fingerprint density at radius 3 is 2.62 bits per heavy atom. The summed E-state index contributed by atoms with van der Waals surface area (Å²) < 4.78 is 42.0. The van der Waals surface area contributed by atoms with Crippen LogP contribution in [0.25, 0.3) is 11.5 Å². The Labute approximate surface area is 219 Å². The molecule has 5 rings (SSSR count). The lowest BCUT2D eigenvalue weighted by Crippen LogP contribution is -2.39. The highest BCUT2D eigenvalue weighted by molar-refractivity contribution is 5.94. The number of alkyl halides is 2. The summed E-state index contributed by atoms with van der Waals surface area (Å²) in [6.07, 6.45) is 4.58. The zero-order valence-corrected chi connectivity index (χ0v) is 21.3. The maximum atomic E-state index is 13.3. The summed E-state index contributed by atoms with van der Waals surface area (Å²) in [5.41, 5.74) is 6.63. The van der Waals surface area contributed by atoms with Gasteiger partial charge in [0, 0.05) is 30.6 Å². The van der Waals surface area contributed by atoms with E-state index in [-0.39, 0.29) is 65.0 Å². The Kier molecular flexibility index (Phi) is 8.23. The van der Waals surface area contributed by atoms with Crippen molar-refractivity contribution in [3.8, 4) is 23.0 Å². The number of hydrogen-bond donors (Lipinski definition) is 2. The number of rotatable bonds is 10. The molecule has 202 valence electrons. The molecule has 1 aliphatic heterocycles. The molecule has 3 fully saturated rings. The number of amides is 2. The van der Waals surface area contributed by atoms with Crippen LogP contribution in [0.3, 0.4) is 0 Å². The van der Waals surface area contributed by atoms with Crippen molar-refractivity contribution in [3.05, 3.63) is 29.7 Å². The standard InChI is InChI=1S/C25H30F2N4O5.ClH/c1-13(28)21-20(24(33)31-9-8-17(11-31)29-22(32)15-4-5-15)30-23(36-21)16-6-7-18(35-25(26)27)19(10-16)34-12-14-2-3-14;/h6-7,10,13-15,17,25H,2-5,8-9,11-12,28H2,1H3,(H,29,32);1H/t13-,17+;/m0./s1. The molecule has 0 radical (unpaired) electrons. The molecule has 12 heteroatoms. The number of oxazole rings is 1. The van der Waals surface area contributed by atoms with Gasteiger partial charge in [-0.05, 0) is 63.1 Å². The number of nitrogens with zero attached hydrogens (tertiary/aromatic N) is 2. The average Bonchev–Trinajstić information content (AvgIpc) is 3.76. The zero-order chi connectivity index (χ0) is 25.4. The third-order valence-corrected chi connectivity index (χ3v) is 6.62. The molecule has 2 atom stereocenters. The molecule has 3 aliphatic rings. The van der Waals surface area contributed by atoms with Gasteiger partial charge in [0.1, 0.15) is 0 Å². The van der Waals surface area contributed by atoms with Crippen LogP contribution < -0.4 is 20.5 Å². The summed E-state index contributed by atoms with van der Waals surface area (Å²) in [7, 11) is 0. The lowest BCUT2D eigenvalue weighted by atomic mass is 10.2. The van der Waals surface area contributed by atoms with E-state index in [9.17, 15) is 18.4 Å². The maximum absolute atomic E-state index is 13.3. The second-order valence-corrected chi connectivity index (χ2v) is 9.83. The van der Waals surface area contributed by atoms with Gasteiger partial charge < -0.3 is 29.8 Å². The summed E-state index contributed by atoms with van der Waals surface area (Å²) in [6.45, 7) is -0.0392. The minimum atomic E-state index is -2.99. The number of nitrogens with two attached hydrogens (primary N) is 1. The first-order valence-corrected chi connectivity index (χ1v) is 12.4. The molecule has 2 heterocycles. The second-order valence-electron chi connectivity index (χ2n) is 9.83. The predicted molar refractivity (Wildman–Crippen MR) is 132 cm³/mol. The molecule has 37 heavy (non-hydrogen) atoms. The largest absolute Gasteiger partial charge is 0.489 e. The lowest BCUT2D eigenvalue weighted by molar-refractivity contribution is -0.122. The molecule has 0 unspecified atom stereocenters. The molecule has 1 saturated heterocycles. The first kappa shape index (κ1) is 27.1. The highest BCUT2D eigenvalue weighted by atomic mass is 35.5. The van der Waals surface area contributed by atoms with Crippen molar-refractivity contribution in [2.75, 3.05) is 19.7 Å². The Bertz CT molecular complexity index is 1140. The number of likely N-dealkylation sites (tertiary alicyclic amines) is 1. The molecule has 2 aromatic rings. The topological polar surface area (TPSA) is 120 Å². The van der Waals surface area contributed by atoms with Crippen LogP contribution in [-0.2, 0) is 4.79 Å². The molecule has 1 aromatic carbocycles. The number of ether oxygens (including phenoxy) is 2. The van der Waals surface area contributed by atoms with E-state index in [4.69, 9.17) is 14.9 Å². The first-order valence-electron chi connectivity index (χ1n) is 12.4. The quantitative estimate of drug-likeness (QED) is 0.469. The van der Waals surface area contributed by atoms with Gasteiger partial charge in [-0.1, -0.05) is 0 Å². The number of hydrogen-bond acceptors (Lipinski definition) is 7. The van der Waals surface area contributed by atoms with Gasteiger partial charge in [-0.15, -0.1) is 12.4 Å². The summed E-state index contributed by atoms with van der Waals surface area (Å²) in [5, 5.41) is 3.01. The van der Waals surface area contributed by atoms with Gasteiger partial charge in [0.2, 0.25) is 11.8 Å². The van der Waals surface area contributed by atoms with E-state index in [1.165, 1.54) is 18.2 Å². The normalized spacial score (nSPS) is 19.9. The van der Waals surface area contributed by atoms with Crippen LogP contribution in [0.1, 0.15) is 61.3 Å². The zero-order valence-electron chi connectivity index (χ0n) is 20.5. The van der Waals surface area contributed by atoms with Crippen LogP contribution in [0.4, 0.5) is 8.78 Å². The van der Waals surface area contributed by atoms with Crippen LogP contribution in [0.2, 0.25) is 0 Å². The van der Waals surface area contributed by atoms with Crippen LogP contribution >= 0.6 is 12.4 Å². The minimum Gasteiger partial charge on any atom is -0.489 e. The Hall–Kier alpha value is -2.92. The van der Waals surface area contributed by atoms with Gasteiger partial charge >= 0.3 is 6.61 Å². The molecule has 3 N–H and O–H groups in total. The molecule has 2 amide bonds. The number of carbonyl (C=O) groups is 2. The first-order chi connectivity index (χ1) is 17.3. The van der Waals surface area contributed by atoms with Crippen molar-refractivity contribution in [1.82, 2.24) is 15.2 Å². The Morgan fingerprint density at radius 2 is 1.97 bits per heavy atom. The molecule has 9 nitrogen and oxygen atoms in total. The molecule has 2 aliphatic carbocycles. The lowest BCUT2D eigenvalue weighted by Gasteiger charge is -2.17. The number of halogens is 3. The van der Waals surface area contributed by atoms with E-state index in [0.717, 1.165) is 25.7 Å². The monoisotopic (exact) mass is 540 g/mol. The molecule has 2 saturated carbocycles. The van der Waals surface area contributed by atoms with Crippen molar-refractivity contribution in [1.29, 1.82) is 0 Å². The van der Waals surface area contributed by atoms with E-state index in [2.05, 4.69) is 15.0 Å². The summed E-state index contributed by atoms with van der Waals surface area (Å²) in [5.74, 6) is 0.659. The van der Waals surface area contributed by atoms with Gasteiger partial charge in [0.15, 0.2) is 23.0 Å². The summed E-state index contributed by atoms with van der Waals surface area (Å²) in [4.78, 5) is 31.5. The van der Waals surface area contributed by atoms with Crippen molar-refractivity contribution in [2.45, 2.75) is 57.7 Å². The van der Waals surface area contributed by atoms with Gasteiger partial charge in [0.25, 0.3) is 5.91 Å². The third kappa shape index (κ3) is 6.51. The molecule has 1 aromatic heterocycles. The van der Waals surface area contributed by atoms with Crippen molar-refractivity contribution >= 4 is 24.2 Å². The number of benzene rings is 1. The highest BCUT2D eigenvalue weighted by Crippen LogP contribution is 2.37. The van der Waals surface area contributed by atoms with E-state index in [1.54, 1.807) is 11.8 Å². The number of aromatic nitrogens is 1. The average molecular weight is 541 g/mol. The fraction of sp³-hybridized carbons (Fsp3) is 0.560. The number of carbonyl (C=O) groups excluding carboxylic acids is 2. The smallest absolute Gasteiger partial charge is 0.387 e. The summed E-state index contributed by atoms with van der Waals surface area (Å²) >= 11 is 0. The molecular formula is C25H31ClF2N4O5. The third-order valence-electron chi connectivity index (χ3n) is 6.62. The van der Waals surface area contributed by atoms with Crippen molar-refractivity contribution in [2.24, 2.45) is 17.6 Å². The predicted octanol–water partition coefficient (Wildman–Crippen LogP) is 3.91. The van der Waals surface area contributed by atoms with E-state index in [1.807, 2.05) is 0 Å². The van der Waals surface area contributed by atoms with Crippen LogP contribution in [0.15, 0.2) is 22.6 Å². The van der Waals surface area contributed by atoms with Crippen LogP contribution in [0, 0.1) is 11.8 Å². The highest BCUT2D eigenvalue weighted by Gasteiger charge is 2.36.